The Balaban J connectivity index is 2.75. The van der Waals surface area contributed by atoms with Gasteiger partial charge in [-0.25, -0.2) is 4.98 Å². The molecule has 15 heavy (non-hydrogen) atoms. The maximum absolute atomic E-state index is 9.33. The maximum Gasteiger partial charge on any atom is 0.128 e. The van der Waals surface area contributed by atoms with E-state index in [1.807, 2.05) is 31.0 Å². The standard InChI is InChI=1S/C12H18N2O/c1-9(2)8-14(4)12-6-5-11(7-13-12)10(3)15/h5-7,10,15H,1,8H2,2-4H3/t10-/m0/s1. The molecule has 0 radical (unpaired) electrons. The van der Waals surface area contributed by atoms with Crippen LogP contribution < -0.4 is 4.90 Å². The van der Waals surface area contributed by atoms with Gasteiger partial charge >= 0.3 is 0 Å². The highest BCUT2D eigenvalue weighted by Gasteiger charge is 2.04. The molecule has 1 aromatic heterocycles. The number of aromatic nitrogens is 1. The minimum absolute atomic E-state index is 0.460. The van der Waals surface area contributed by atoms with Crippen LogP contribution in [0.3, 0.4) is 0 Å². The molecular formula is C12H18N2O. The Morgan fingerprint density at radius 2 is 2.27 bits per heavy atom. The number of likely N-dealkylation sites (N-methyl/N-ethyl adjacent to an activating group) is 1. The van der Waals surface area contributed by atoms with Crippen molar-refractivity contribution in [3.8, 4) is 0 Å². The van der Waals surface area contributed by atoms with E-state index in [0.29, 0.717) is 0 Å². The molecule has 0 aliphatic heterocycles. The lowest BCUT2D eigenvalue weighted by atomic mass is 10.2. The van der Waals surface area contributed by atoms with Crippen molar-refractivity contribution in [2.75, 3.05) is 18.5 Å². The van der Waals surface area contributed by atoms with Gasteiger partial charge in [-0.1, -0.05) is 18.2 Å². The van der Waals surface area contributed by atoms with E-state index in [4.69, 9.17) is 0 Å². The first-order chi connectivity index (χ1) is 7.00. The molecule has 0 aliphatic rings. The predicted octanol–water partition coefficient (Wildman–Crippen LogP) is 2.15. The summed E-state index contributed by atoms with van der Waals surface area (Å²) < 4.78 is 0. The Morgan fingerprint density at radius 1 is 1.60 bits per heavy atom. The van der Waals surface area contributed by atoms with Gasteiger partial charge in [0.1, 0.15) is 5.82 Å². The second-order valence-corrected chi connectivity index (χ2v) is 3.94. The Labute approximate surface area is 91.1 Å². The first-order valence-corrected chi connectivity index (χ1v) is 5.00. The summed E-state index contributed by atoms with van der Waals surface area (Å²) in [7, 11) is 1.97. The smallest absolute Gasteiger partial charge is 0.128 e. The molecule has 0 unspecified atom stereocenters. The zero-order valence-corrected chi connectivity index (χ0v) is 9.57. The number of aliphatic hydroxyl groups excluding tert-OH is 1. The predicted molar refractivity (Wildman–Crippen MR) is 63.0 cm³/mol. The van der Waals surface area contributed by atoms with Crippen LogP contribution in [0, 0.1) is 0 Å². The summed E-state index contributed by atoms with van der Waals surface area (Å²) in [5.74, 6) is 0.891. The molecule has 3 heteroatoms. The van der Waals surface area contributed by atoms with Crippen LogP contribution >= 0.6 is 0 Å². The summed E-state index contributed by atoms with van der Waals surface area (Å²) in [5.41, 5.74) is 1.93. The molecule has 1 heterocycles. The van der Waals surface area contributed by atoms with Crippen LogP contribution in [-0.2, 0) is 0 Å². The van der Waals surface area contributed by atoms with Gasteiger partial charge in [0.05, 0.1) is 6.10 Å². The third-order valence-electron chi connectivity index (χ3n) is 2.15. The lowest BCUT2D eigenvalue weighted by Gasteiger charge is -2.18. The van der Waals surface area contributed by atoms with E-state index >= 15 is 0 Å². The van der Waals surface area contributed by atoms with E-state index in [2.05, 4.69) is 11.6 Å². The van der Waals surface area contributed by atoms with Gasteiger partial charge in [0.25, 0.3) is 0 Å². The number of aliphatic hydroxyl groups is 1. The Kier molecular flexibility index (Phi) is 3.86. The van der Waals surface area contributed by atoms with Crippen molar-refractivity contribution in [3.63, 3.8) is 0 Å². The molecule has 0 aliphatic carbocycles. The van der Waals surface area contributed by atoms with E-state index in [9.17, 15) is 5.11 Å². The van der Waals surface area contributed by atoms with E-state index in [0.717, 1.165) is 23.5 Å². The van der Waals surface area contributed by atoms with Crippen LogP contribution in [0.5, 0.6) is 0 Å². The SMILES string of the molecule is C=C(C)CN(C)c1ccc([C@H](C)O)cn1. The molecule has 0 saturated heterocycles. The van der Waals surface area contributed by atoms with Crippen LogP contribution in [0.25, 0.3) is 0 Å². The monoisotopic (exact) mass is 206 g/mol. The maximum atomic E-state index is 9.33. The lowest BCUT2D eigenvalue weighted by Crippen LogP contribution is -2.20. The summed E-state index contributed by atoms with van der Waals surface area (Å²) in [6, 6.07) is 3.80. The van der Waals surface area contributed by atoms with Crippen LogP contribution in [0.4, 0.5) is 5.82 Å². The highest BCUT2D eigenvalue weighted by Crippen LogP contribution is 2.15. The fraction of sp³-hybridized carbons (Fsp3) is 0.417. The van der Waals surface area contributed by atoms with Gasteiger partial charge in [-0.15, -0.1) is 0 Å². The first kappa shape index (κ1) is 11.7. The van der Waals surface area contributed by atoms with Crippen molar-refractivity contribution in [1.82, 2.24) is 4.98 Å². The zero-order valence-electron chi connectivity index (χ0n) is 9.57. The minimum atomic E-state index is -0.460. The summed E-state index contributed by atoms with van der Waals surface area (Å²) in [6.07, 6.45) is 1.24. The molecule has 1 rings (SSSR count). The third kappa shape index (κ3) is 3.36. The van der Waals surface area contributed by atoms with E-state index in [1.165, 1.54) is 0 Å². The number of hydrogen-bond donors (Lipinski definition) is 1. The Bertz CT molecular complexity index is 330. The highest BCUT2D eigenvalue weighted by molar-refractivity contribution is 5.39. The van der Waals surface area contributed by atoms with Gasteiger partial charge in [-0.3, -0.25) is 0 Å². The number of nitrogens with zero attached hydrogens (tertiary/aromatic N) is 2. The molecule has 82 valence electrons. The Hall–Kier alpha value is -1.35. The molecule has 1 aromatic rings. The quantitative estimate of drug-likeness (QED) is 0.767. The van der Waals surface area contributed by atoms with E-state index in [-0.39, 0.29) is 0 Å². The number of hydrogen-bond acceptors (Lipinski definition) is 3. The molecule has 0 bridgehead atoms. The minimum Gasteiger partial charge on any atom is -0.389 e. The van der Waals surface area contributed by atoms with Crippen molar-refractivity contribution >= 4 is 5.82 Å². The second kappa shape index (κ2) is 4.94. The van der Waals surface area contributed by atoms with Crippen molar-refractivity contribution in [1.29, 1.82) is 0 Å². The lowest BCUT2D eigenvalue weighted by molar-refractivity contribution is 0.199. The molecule has 0 saturated carbocycles. The van der Waals surface area contributed by atoms with E-state index < -0.39 is 6.10 Å². The molecule has 3 nitrogen and oxygen atoms in total. The number of pyridine rings is 1. The summed E-state index contributed by atoms with van der Waals surface area (Å²) in [5, 5.41) is 9.33. The molecule has 1 atom stereocenters. The van der Waals surface area contributed by atoms with Crippen LogP contribution in [0.15, 0.2) is 30.5 Å². The normalized spacial score (nSPS) is 12.3. The van der Waals surface area contributed by atoms with Crippen LogP contribution in [0.1, 0.15) is 25.5 Å². The fourth-order valence-electron chi connectivity index (χ4n) is 1.36. The van der Waals surface area contributed by atoms with Crippen molar-refractivity contribution in [2.45, 2.75) is 20.0 Å². The molecule has 1 N–H and O–H groups in total. The average molecular weight is 206 g/mol. The van der Waals surface area contributed by atoms with Crippen molar-refractivity contribution in [3.05, 3.63) is 36.0 Å². The van der Waals surface area contributed by atoms with Gasteiger partial charge in [-0.2, -0.15) is 0 Å². The topological polar surface area (TPSA) is 36.4 Å². The van der Waals surface area contributed by atoms with Gasteiger partial charge in [0.2, 0.25) is 0 Å². The van der Waals surface area contributed by atoms with Gasteiger partial charge < -0.3 is 10.0 Å². The molecule has 0 fully saturated rings. The molecule has 0 aromatic carbocycles. The van der Waals surface area contributed by atoms with Crippen LogP contribution in [-0.4, -0.2) is 23.7 Å². The largest absolute Gasteiger partial charge is 0.389 e. The summed E-state index contributed by atoms with van der Waals surface area (Å²) >= 11 is 0. The third-order valence-corrected chi connectivity index (χ3v) is 2.15. The van der Waals surface area contributed by atoms with Crippen molar-refractivity contribution in [2.24, 2.45) is 0 Å². The van der Waals surface area contributed by atoms with Gasteiger partial charge in [0.15, 0.2) is 0 Å². The van der Waals surface area contributed by atoms with Gasteiger partial charge in [-0.05, 0) is 25.5 Å². The fourth-order valence-corrected chi connectivity index (χ4v) is 1.36. The van der Waals surface area contributed by atoms with Gasteiger partial charge in [0, 0.05) is 19.8 Å². The first-order valence-electron chi connectivity index (χ1n) is 5.00. The molecule has 0 spiro atoms. The number of rotatable bonds is 4. The Morgan fingerprint density at radius 3 is 2.67 bits per heavy atom. The molecular weight excluding hydrogens is 188 g/mol. The zero-order chi connectivity index (χ0) is 11.4. The summed E-state index contributed by atoms with van der Waals surface area (Å²) in [6.45, 7) is 8.37. The number of anilines is 1. The highest BCUT2D eigenvalue weighted by atomic mass is 16.3. The second-order valence-electron chi connectivity index (χ2n) is 3.94. The summed E-state index contributed by atoms with van der Waals surface area (Å²) in [4.78, 5) is 6.30. The van der Waals surface area contributed by atoms with E-state index in [1.54, 1.807) is 13.1 Å². The average Bonchev–Trinajstić information content (AvgIpc) is 2.17. The van der Waals surface area contributed by atoms with Crippen LogP contribution in [0.2, 0.25) is 0 Å². The van der Waals surface area contributed by atoms with Crippen molar-refractivity contribution < 1.29 is 5.11 Å². The molecule has 0 amide bonds.